The lowest BCUT2D eigenvalue weighted by molar-refractivity contribution is -0.146. The molecular weight excluding hydrogens is 456 g/mol. The molecule has 0 aliphatic carbocycles. The number of nitrogens with one attached hydrogen (secondary N) is 2. The van der Waals surface area contributed by atoms with Crippen molar-refractivity contribution in [3.05, 3.63) is 0 Å². The Morgan fingerprint density at radius 3 is 2.27 bits per heavy atom. The van der Waals surface area contributed by atoms with Gasteiger partial charge in [-0.05, 0) is 37.7 Å². The van der Waals surface area contributed by atoms with Crippen molar-refractivity contribution in [3.8, 4) is 0 Å². The summed E-state index contributed by atoms with van der Waals surface area (Å²) in [7, 11) is 0. The van der Waals surface area contributed by atoms with Crippen LogP contribution in [0.3, 0.4) is 0 Å². The predicted octanol–water partition coefficient (Wildman–Crippen LogP) is -2.75. The Hall–Kier alpha value is -2.87. The number of hydrogen-bond acceptors (Lipinski definition) is 8. The van der Waals surface area contributed by atoms with E-state index in [1.54, 1.807) is 0 Å². The maximum atomic E-state index is 13.2. The normalized spacial score (nSPS) is 18.1. The summed E-state index contributed by atoms with van der Waals surface area (Å²) in [6, 6.07) is -4.54. The molecule has 0 saturated carbocycles. The van der Waals surface area contributed by atoms with Crippen molar-refractivity contribution < 1.29 is 33.9 Å². The van der Waals surface area contributed by atoms with Crippen LogP contribution in [-0.4, -0.2) is 88.2 Å². The van der Waals surface area contributed by atoms with Crippen molar-refractivity contribution in [2.75, 3.05) is 18.6 Å². The first-order chi connectivity index (χ1) is 15.5. The Morgan fingerprint density at radius 2 is 1.73 bits per heavy atom. The number of nitrogens with two attached hydrogens (primary N) is 3. The molecule has 1 fully saturated rings. The summed E-state index contributed by atoms with van der Waals surface area (Å²) in [6.07, 6.45) is 2.09. The summed E-state index contributed by atoms with van der Waals surface area (Å²) in [4.78, 5) is 73.2. The van der Waals surface area contributed by atoms with Crippen LogP contribution in [-0.2, 0) is 28.8 Å². The van der Waals surface area contributed by atoms with Gasteiger partial charge in [0.1, 0.15) is 18.1 Å². The molecule has 9 N–H and O–H groups in total. The molecule has 4 atom stereocenters. The highest BCUT2D eigenvalue weighted by Gasteiger charge is 2.39. The zero-order valence-electron chi connectivity index (χ0n) is 18.5. The number of hydrogen-bond donors (Lipinski definition) is 6. The molecule has 0 aromatic heterocycles. The first kappa shape index (κ1) is 28.2. The number of carbonyl (C=O) groups is 6. The summed E-state index contributed by atoms with van der Waals surface area (Å²) in [5, 5.41) is 14.0. The third-order valence-electron chi connectivity index (χ3n) is 5.12. The van der Waals surface area contributed by atoms with E-state index in [2.05, 4.69) is 10.6 Å². The van der Waals surface area contributed by atoms with Crippen molar-refractivity contribution in [2.24, 2.45) is 17.2 Å². The minimum Gasteiger partial charge on any atom is -0.480 e. The van der Waals surface area contributed by atoms with Crippen LogP contribution in [0.25, 0.3) is 0 Å². The van der Waals surface area contributed by atoms with Gasteiger partial charge in [0.25, 0.3) is 0 Å². The highest BCUT2D eigenvalue weighted by Crippen LogP contribution is 2.20. The van der Waals surface area contributed by atoms with Crippen molar-refractivity contribution in [2.45, 2.75) is 62.7 Å². The van der Waals surface area contributed by atoms with E-state index in [0.717, 1.165) is 0 Å². The maximum absolute atomic E-state index is 13.2. The summed E-state index contributed by atoms with van der Waals surface area (Å²) in [5.74, 6) is -4.32. The molecule has 33 heavy (non-hydrogen) atoms. The van der Waals surface area contributed by atoms with E-state index in [4.69, 9.17) is 17.2 Å². The summed E-state index contributed by atoms with van der Waals surface area (Å²) >= 11 is 1.51. The van der Waals surface area contributed by atoms with Crippen molar-refractivity contribution in [3.63, 3.8) is 0 Å². The molecule has 1 heterocycles. The first-order valence-corrected chi connectivity index (χ1v) is 11.8. The van der Waals surface area contributed by atoms with Gasteiger partial charge in [-0.2, -0.15) is 11.8 Å². The van der Waals surface area contributed by atoms with Gasteiger partial charge in [-0.3, -0.25) is 24.0 Å². The molecular formula is C19H32N6O7S. The van der Waals surface area contributed by atoms with Crippen LogP contribution in [0.15, 0.2) is 0 Å². The Bertz CT molecular complexity index is 765. The number of rotatable bonds is 14. The lowest BCUT2D eigenvalue weighted by atomic mass is 10.1. The van der Waals surface area contributed by atoms with Crippen molar-refractivity contribution >= 4 is 47.3 Å². The minimum atomic E-state index is -1.53. The SMILES string of the molecule is CSCCC(N)C(=O)NC(CCC(N)=O)C(=O)N1CCCC1C(=O)NC(CC(N)=O)C(=O)O. The highest BCUT2D eigenvalue weighted by atomic mass is 32.2. The number of primary amides is 2. The molecule has 0 spiro atoms. The van der Waals surface area contributed by atoms with Gasteiger partial charge in [-0.1, -0.05) is 0 Å². The van der Waals surface area contributed by atoms with Gasteiger partial charge in [0.2, 0.25) is 29.5 Å². The molecule has 0 bridgehead atoms. The largest absolute Gasteiger partial charge is 0.480 e. The molecule has 0 radical (unpaired) electrons. The maximum Gasteiger partial charge on any atom is 0.326 e. The number of aliphatic carboxylic acids is 1. The van der Waals surface area contributed by atoms with Crippen LogP contribution in [0.5, 0.6) is 0 Å². The van der Waals surface area contributed by atoms with Crippen LogP contribution >= 0.6 is 11.8 Å². The van der Waals surface area contributed by atoms with Gasteiger partial charge in [0, 0.05) is 13.0 Å². The molecule has 13 nitrogen and oxygen atoms in total. The molecule has 0 aromatic rings. The number of nitrogens with zero attached hydrogens (tertiary/aromatic N) is 1. The van der Waals surface area contributed by atoms with Gasteiger partial charge in [0.05, 0.1) is 12.5 Å². The predicted molar refractivity (Wildman–Crippen MR) is 119 cm³/mol. The Kier molecular flexibility index (Phi) is 11.6. The van der Waals surface area contributed by atoms with Crippen LogP contribution < -0.4 is 27.8 Å². The van der Waals surface area contributed by atoms with E-state index < -0.39 is 66.1 Å². The molecule has 1 aliphatic heterocycles. The Balaban J connectivity index is 2.96. The van der Waals surface area contributed by atoms with Gasteiger partial charge in [0.15, 0.2) is 0 Å². The first-order valence-electron chi connectivity index (χ1n) is 10.4. The van der Waals surface area contributed by atoms with Crippen LogP contribution in [0, 0.1) is 0 Å². The Labute approximate surface area is 195 Å². The van der Waals surface area contributed by atoms with Gasteiger partial charge >= 0.3 is 5.97 Å². The number of thioether (sulfide) groups is 1. The van der Waals surface area contributed by atoms with Gasteiger partial charge in [-0.15, -0.1) is 0 Å². The van der Waals surface area contributed by atoms with Crippen LogP contribution in [0.4, 0.5) is 0 Å². The van der Waals surface area contributed by atoms with Crippen LogP contribution in [0.2, 0.25) is 0 Å². The third-order valence-corrected chi connectivity index (χ3v) is 5.77. The minimum absolute atomic E-state index is 0.0839. The smallest absolute Gasteiger partial charge is 0.326 e. The summed E-state index contributed by atoms with van der Waals surface area (Å²) in [5.41, 5.74) is 16.1. The molecule has 1 rings (SSSR count). The van der Waals surface area contributed by atoms with Gasteiger partial charge in [-0.25, -0.2) is 4.79 Å². The lowest BCUT2D eigenvalue weighted by Gasteiger charge is -2.29. The number of carboxylic acids is 1. The summed E-state index contributed by atoms with van der Waals surface area (Å²) < 4.78 is 0. The zero-order chi connectivity index (χ0) is 25.1. The van der Waals surface area contributed by atoms with E-state index in [0.29, 0.717) is 18.6 Å². The zero-order valence-corrected chi connectivity index (χ0v) is 19.3. The highest BCUT2D eigenvalue weighted by molar-refractivity contribution is 7.98. The fourth-order valence-electron chi connectivity index (χ4n) is 3.37. The molecule has 186 valence electrons. The Morgan fingerprint density at radius 1 is 1.06 bits per heavy atom. The van der Waals surface area contributed by atoms with E-state index >= 15 is 0 Å². The standard InChI is InChI=1S/C19H32N6O7S/c1-33-8-6-10(20)16(28)23-11(4-5-14(21)26)18(30)25-7-2-3-13(25)17(29)24-12(19(31)32)9-15(22)27/h10-13H,2-9,20H2,1H3,(H2,21,26)(H2,22,27)(H,23,28)(H,24,29)(H,31,32). The number of amides is 5. The van der Waals surface area contributed by atoms with Crippen molar-refractivity contribution in [1.29, 1.82) is 0 Å². The fourth-order valence-corrected chi connectivity index (χ4v) is 3.86. The fraction of sp³-hybridized carbons (Fsp3) is 0.684. The molecule has 14 heteroatoms. The molecule has 4 unspecified atom stereocenters. The lowest BCUT2D eigenvalue weighted by Crippen LogP contribution is -2.57. The summed E-state index contributed by atoms with van der Waals surface area (Å²) in [6.45, 7) is 0.186. The molecule has 1 aliphatic rings. The second kappa shape index (κ2) is 13.6. The third kappa shape index (κ3) is 9.26. The van der Waals surface area contributed by atoms with E-state index in [-0.39, 0.29) is 25.8 Å². The number of likely N-dealkylation sites (tertiary alicyclic amines) is 1. The van der Waals surface area contributed by atoms with Gasteiger partial charge < -0.3 is 37.8 Å². The van der Waals surface area contributed by atoms with E-state index in [1.807, 2.05) is 6.26 Å². The quantitative estimate of drug-likeness (QED) is 0.149. The molecule has 0 aromatic carbocycles. The van der Waals surface area contributed by atoms with Crippen LogP contribution in [0.1, 0.15) is 38.5 Å². The van der Waals surface area contributed by atoms with E-state index in [1.165, 1.54) is 16.7 Å². The molecule has 1 saturated heterocycles. The van der Waals surface area contributed by atoms with E-state index in [9.17, 15) is 33.9 Å². The number of carbonyl (C=O) groups excluding carboxylic acids is 5. The molecule has 5 amide bonds. The second-order valence-electron chi connectivity index (χ2n) is 7.71. The monoisotopic (exact) mass is 488 g/mol. The average Bonchev–Trinajstić information content (AvgIpc) is 3.23. The topological polar surface area (TPSA) is 228 Å². The number of carboxylic acid groups (broad SMARTS) is 1. The second-order valence-corrected chi connectivity index (χ2v) is 8.70. The average molecular weight is 489 g/mol. The van der Waals surface area contributed by atoms with Crippen molar-refractivity contribution in [1.82, 2.24) is 15.5 Å².